The van der Waals surface area contributed by atoms with Crippen molar-refractivity contribution in [2.45, 2.75) is 27.2 Å². The minimum absolute atomic E-state index is 0.754. The van der Waals surface area contributed by atoms with Crippen LogP contribution in [0.25, 0.3) is 0 Å². The maximum absolute atomic E-state index is 5.83. The highest BCUT2D eigenvalue weighted by Crippen LogP contribution is 2.24. The van der Waals surface area contributed by atoms with Crippen molar-refractivity contribution in [3.05, 3.63) is 47.8 Å². The van der Waals surface area contributed by atoms with Crippen LogP contribution in [-0.4, -0.2) is 11.5 Å². The van der Waals surface area contributed by atoms with E-state index < -0.39 is 0 Å². The molecule has 1 aromatic heterocycles. The number of rotatable bonds is 5. The zero-order valence-electron chi connectivity index (χ0n) is 11.7. The lowest BCUT2D eigenvalue weighted by atomic mass is 10.1. The second-order valence-electron chi connectivity index (χ2n) is 4.68. The number of hydrogen-bond donors (Lipinski definition) is 1. The summed E-state index contributed by atoms with van der Waals surface area (Å²) >= 11 is 0. The summed E-state index contributed by atoms with van der Waals surface area (Å²) in [5.74, 6) is 1.60. The number of aryl methyl sites for hydroxylation is 2. The largest absolute Gasteiger partial charge is 0.456 e. The van der Waals surface area contributed by atoms with E-state index in [1.165, 1.54) is 11.1 Å². The Morgan fingerprint density at radius 3 is 2.63 bits per heavy atom. The molecule has 0 atom stereocenters. The van der Waals surface area contributed by atoms with Crippen LogP contribution in [0.15, 0.2) is 36.7 Å². The maximum Gasteiger partial charge on any atom is 0.147 e. The predicted octanol–water partition coefficient (Wildman–Crippen LogP) is 4.31. The molecule has 0 aliphatic carbocycles. The van der Waals surface area contributed by atoms with Gasteiger partial charge >= 0.3 is 0 Å². The van der Waals surface area contributed by atoms with Gasteiger partial charge in [-0.25, -0.2) is 0 Å². The summed E-state index contributed by atoms with van der Waals surface area (Å²) in [5, 5.41) is 3.30. The maximum atomic E-state index is 5.83. The van der Waals surface area contributed by atoms with Crippen molar-refractivity contribution < 1.29 is 4.74 Å². The van der Waals surface area contributed by atoms with Crippen LogP contribution in [0, 0.1) is 13.8 Å². The van der Waals surface area contributed by atoms with E-state index >= 15 is 0 Å². The molecule has 0 saturated heterocycles. The van der Waals surface area contributed by atoms with Gasteiger partial charge in [0.15, 0.2) is 0 Å². The Morgan fingerprint density at radius 2 is 1.89 bits per heavy atom. The third-order valence-electron chi connectivity index (χ3n) is 3.01. The second-order valence-corrected chi connectivity index (χ2v) is 4.68. The SMILES string of the molecule is CCCNc1cncc(Oc2ccc(C)c(C)c2)c1. The average molecular weight is 256 g/mol. The molecule has 3 nitrogen and oxygen atoms in total. The highest BCUT2D eigenvalue weighted by Gasteiger charge is 2.01. The molecule has 0 spiro atoms. The number of aromatic nitrogens is 1. The van der Waals surface area contributed by atoms with Gasteiger partial charge in [0.05, 0.1) is 18.1 Å². The summed E-state index contributed by atoms with van der Waals surface area (Å²) in [5.41, 5.74) is 3.48. The number of benzene rings is 1. The fourth-order valence-electron chi connectivity index (χ4n) is 1.75. The van der Waals surface area contributed by atoms with Crippen LogP contribution in [0.5, 0.6) is 11.5 Å². The molecule has 1 aromatic carbocycles. The van der Waals surface area contributed by atoms with Gasteiger partial charge < -0.3 is 10.1 Å². The molecule has 0 radical (unpaired) electrons. The molecule has 0 saturated carbocycles. The first-order valence-electron chi connectivity index (χ1n) is 6.63. The smallest absolute Gasteiger partial charge is 0.147 e. The fourth-order valence-corrected chi connectivity index (χ4v) is 1.75. The van der Waals surface area contributed by atoms with Gasteiger partial charge in [0, 0.05) is 12.6 Å². The molecule has 1 heterocycles. The quantitative estimate of drug-likeness (QED) is 0.865. The molecule has 0 unspecified atom stereocenters. The Bertz CT molecular complexity index is 552. The number of hydrogen-bond acceptors (Lipinski definition) is 3. The third-order valence-corrected chi connectivity index (χ3v) is 3.01. The second kappa shape index (κ2) is 6.23. The van der Waals surface area contributed by atoms with E-state index in [1.807, 2.05) is 24.4 Å². The summed E-state index contributed by atoms with van der Waals surface area (Å²) in [6.07, 6.45) is 4.62. The van der Waals surface area contributed by atoms with Crippen LogP contribution < -0.4 is 10.1 Å². The molecule has 0 fully saturated rings. The highest BCUT2D eigenvalue weighted by molar-refractivity contribution is 5.46. The number of pyridine rings is 1. The molecular formula is C16H20N2O. The summed E-state index contributed by atoms with van der Waals surface area (Å²) in [6, 6.07) is 8.06. The number of nitrogens with zero attached hydrogens (tertiary/aromatic N) is 1. The molecule has 0 aliphatic rings. The van der Waals surface area contributed by atoms with Crippen molar-refractivity contribution in [3.8, 4) is 11.5 Å². The van der Waals surface area contributed by atoms with Crippen molar-refractivity contribution in [1.29, 1.82) is 0 Å². The normalized spacial score (nSPS) is 10.3. The lowest BCUT2D eigenvalue weighted by Crippen LogP contribution is -2.00. The monoisotopic (exact) mass is 256 g/mol. The minimum atomic E-state index is 0.754. The van der Waals surface area contributed by atoms with E-state index in [4.69, 9.17) is 4.74 Å². The molecular weight excluding hydrogens is 236 g/mol. The average Bonchev–Trinajstić information content (AvgIpc) is 2.41. The Labute approximate surface area is 114 Å². The van der Waals surface area contributed by atoms with Crippen LogP contribution in [0.1, 0.15) is 24.5 Å². The first-order valence-corrected chi connectivity index (χ1v) is 6.63. The van der Waals surface area contributed by atoms with Crippen molar-refractivity contribution in [1.82, 2.24) is 4.98 Å². The van der Waals surface area contributed by atoms with E-state index in [0.29, 0.717) is 0 Å². The molecule has 1 N–H and O–H groups in total. The van der Waals surface area contributed by atoms with E-state index in [2.05, 4.69) is 37.1 Å². The molecule has 0 bridgehead atoms. The first-order chi connectivity index (χ1) is 9.19. The van der Waals surface area contributed by atoms with Gasteiger partial charge in [-0.1, -0.05) is 13.0 Å². The number of anilines is 1. The van der Waals surface area contributed by atoms with E-state index in [-0.39, 0.29) is 0 Å². The topological polar surface area (TPSA) is 34.2 Å². The van der Waals surface area contributed by atoms with Crippen LogP contribution in [-0.2, 0) is 0 Å². The lowest BCUT2D eigenvalue weighted by Gasteiger charge is -2.09. The van der Waals surface area contributed by atoms with Gasteiger partial charge in [-0.15, -0.1) is 0 Å². The standard InChI is InChI=1S/C16H20N2O/c1-4-7-18-14-9-16(11-17-10-14)19-15-6-5-12(2)13(3)8-15/h5-6,8-11,18H,4,7H2,1-3H3. The number of nitrogens with one attached hydrogen (secondary N) is 1. The zero-order valence-corrected chi connectivity index (χ0v) is 11.7. The Kier molecular flexibility index (Phi) is 4.39. The molecule has 19 heavy (non-hydrogen) atoms. The molecule has 0 amide bonds. The zero-order chi connectivity index (χ0) is 13.7. The summed E-state index contributed by atoms with van der Waals surface area (Å²) in [7, 11) is 0. The van der Waals surface area contributed by atoms with Crippen LogP contribution in [0.2, 0.25) is 0 Å². The summed E-state index contributed by atoms with van der Waals surface area (Å²) in [6.45, 7) is 7.25. The first kappa shape index (κ1) is 13.4. The van der Waals surface area contributed by atoms with Gasteiger partial charge in [0.2, 0.25) is 0 Å². The predicted molar refractivity (Wildman–Crippen MR) is 79.0 cm³/mol. The van der Waals surface area contributed by atoms with Crippen molar-refractivity contribution in [3.63, 3.8) is 0 Å². The van der Waals surface area contributed by atoms with Crippen LogP contribution in [0.3, 0.4) is 0 Å². The summed E-state index contributed by atoms with van der Waals surface area (Å²) in [4.78, 5) is 4.19. The Morgan fingerprint density at radius 1 is 1.05 bits per heavy atom. The fraction of sp³-hybridized carbons (Fsp3) is 0.312. The van der Waals surface area contributed by atoms with Gasteiger partial charge in [-0.2, -0.15) is 0 Å². The summed E-state index contributed by atoms with van der Waals surface area (Å²) < 4.78 is 5.83. The molecule has 2 aromatic rings. The van der Waals surface area contributed by atoms with Gasteiger partial charge in [0.25, 0.3) is 0 Å². The highest BCUT2D eigenvalue weighted by atomic mass is 16.5. The van der Waals surface area contributed by atoms with Crippen molar-refractivity contribution in [2.24, 2.45) is 0 Å². The molecule has 2 rings (SSSR count). The molecule has 100 valence electrons. The van der Waals surface area contributed by atoms with Gasteiger partial charge in [0.1, 0.15) is 11.5 Å². The van der Waals surface area contributed by atoms with Crippen molar-refractivity contribution in [2.75, 3.05) is 11.9 Å². The van der Waals surface area contributed by atoms with Gasteiger partial charge in [-0.05, 0) is 43.5 Å². The number of ether oxygens (including phenoxy) is 1. The van der Waals surface area contributed by atoms with E-state index in [9.17, 15) is 0 Å². The third kappa shape index (κ3) is 3.71. The Hall–Kier alpha value is -2.03. The minimum Gasteiger partial charge on any atom is -0.456 e. The van der Waals surface area contributed by atoms with Crippen molar-refractivity contribution >= 4 is 5.69 Å². The Balaban J connectivity index is 2.11. The molecule has 0 aliphatic heterocycles. The molecule has 3 heteroatoms. The van der Waals surface area contributed by atoms with E-state index in [1.54, 1.807) is 6.20 Å². The van der Waals surface area contributed by atoms with Crippen LogP contribution >= 0.6 is 0 Å². The van der Waals surface area contributed by atoms with E-state index in [0.717, 1.165) is 30.2 Å². The van der Waals surface area contributed by atoms with Crippen LogP contribution in [0.4, 0.5) is 5.69 Å². The lowest BCUT2D eigenvalue weighted by molar-refractivity contribution is 0.480. The van der Waals surface area contributed by atoms with Gasteiger partial charge in [-0.3, -0.25) is 4.98 Å².